The van der Waals surface area contributed by atoms with Gasteiger partial charge >= 0.3 is 0 Å². The van der Waals surface area contributed by atoms with Crippen LogP contribution in [0.3, 0.4) is 0 Å². The summed E-state index contributed by atoms with van der Waals surface area (Å²) in [6.07, 6.45) is 0.692. The molecule has 1 amide bonds. The van der Waals surface area contributed by atoms with Crippen molar-refractivity contribution in [1.82, 2.24) is 9.62 Å². The molecule has 0 unspecified atom stereocenters. The summed E-state index contributed by atoms with van der Waals surface area (Å²) in [5.74, 6) is -0.244. The number of morpholine rings is 1. The lowest BCUT2D eigenvalue weighted by atomic mass is 10.3. The van der Waals surface area contributed by atoms with Gasteiger partial charge < -0.3 is 19.5 Å². The smallest absolute Gasteiger partial charge is 0.257 e. The van der Waals surface area contributed by atoms with Gasteiger partial charge in [0.05, 0.1) is 13.2 Å². The molecule has 2 rings (SSSR count). The zero-order valence-corrected chi connectivity index (χ0v) is 16.9. The van der Waals surface area contributed by atoms with Crippen LogP contribution in [-0.2, 0) is 24.3 Å². The van der Waals surface area contributed by atoms with Crippen molar-refractivity contribution in [3.8, 4) is 5.75 Å². The van der Waals surface area contributed by atoms with Crippen molar-refractivity contribution >= 4 is 27.5 Å². The van der Waals surface area contributed by atoms with Gasteiger partial charge in [-0.2, -0.15) is 4.31 Å². The second-order valence-electron chi connectivity index (χ2n) is 5.80. The number of hydrogen-bond donors (Lipinski definition) is 1. The maximum absolute atomic E-state index is 12.9. The Morgan fingerprint density at radius 1 is 1.33 bits per heavy atom. The Morgan fingerprint density at radius 3 is 2.78 bits per heavy atom. The molecule has 1 saturated heterocycles. The summed E-state index contributed by atoms with van der Waals surface area (Å²) in [5.41, 5.74) is 0. The van der Waals surface area contributed by atoms with Crippen molar-refractivity contribution in [1.29, 1.82) is 0 Å². The molecule has 10 heteroatoms. The number of carbonyl (C=O) groups is 1. The van der Waals surface area contributed by atoms with Crippen LogP contribution in [0.25, 0.3) is 0 Å². The van der Waals surface area contributed by atoms with Gasteiger partial charge in [-0.15, -0.1) is 0 Å². The van der Waals surface area contributed by atoms with Crippen LogP contribution in [0.1, 0.15) is 13.3 Å². The Kier molecular flexibility index (Phi) is 8.78. The lowest BCUT2D eigenvalue weighted by molar-refractivity contribution is -0.123. The summed E-state index contributed by atoms with van der Waals surface area (Å²) in [5, 5.41) is 2.97. The molecule has 0 aromatic heterocycles. The fraction of sp³-hybridized carbons (Fsp3) is 0.588. The molecule has 0 aliphatic carbocycles. The third kappa shape index (κ3) is 6.62. The molecule has 1 fully saturated rings. The highest BCUT2D eigenvalue weighted by molar-refractivity contribution is 7.89. The van der Waals surface area contributed by atoms with Crippen LogP contribution < -0.4 is 10.1 Å². The van der Waals surface area contributed by atoms with Crippen LogP contribution in [0.5, 0.6) is 5.75 Å². The van der Waals surface area contributed by atoms with Gasteiger partial charge in [0.15, 0.2) is 6.61 Å². The molecule has 8 nitrogen and oxygen atoms in total. The topological polar surface area (TPSA) is 94.2 Å². The molecule has 0 saturated carbocycles. The number of carbonyl (C=O) groups excluding carboxylic acids is 1. The number of ether oxygens (including phenoxy) is 3. The summed E-state index contributed by atoms with van der Waals surface area (Å²) >= 11 is 5.98. The Morgan fingerprint density at radius 2 is 2.07 bits per heavy atom. The number of hydrogen-bond acceptors (Lipinski definition) is 6. The first-order chi connectivity index (χ1) is 12.9. The number of nitrogens with one attached hydrogen (secondary N) is 1. The van der Waals surface area contributed by atoms with Crippen LogP contribution >= 0.6 is 11.6 Å². The zero-order valence-electron chi connectivity index (χ0n) is 15.3. The van der Waals surface area contributed by atoms with E-state index in [1.54, 1.807) is 0 Å². The molecule has 0 spiro atoms. The van der Waals surface area contributed by atoms with Crippen molar-refractivity contribution in [2.75, 3.05) is 52.7 Å². The van der Waals surface area contributed by atoms with E-state index in [0.717, 1.165) is 0 Å². The highest BCUT2D eigenvalue weighted by Gasteiger charge is 2.29. The minimum Gasteiger partial charge on any atom is -0.482 e. The molecule has 1 N–H and O–H groups in total. The van der Waals surface area contributed by atoms with E-state index in [9.17, 15) is 13.2 Å². The summed E-state index contributed by atoms with van der Waals surface area (Å²) < 4.78 is 43.0. The molecular weight excluding hydrogens is 396 g/mol. The first kappa shape index (κ1) is 21.9. The van der Waals surface area contributed by atoms with Gasteiger partial charge in [-0.25, -0.2) is 8.42 Å². The second kappa shape index (κ2) is 10.8. The molecule has 152 valence electrons. The van der Waals surface area contributed by atoms with Crippen LogP contribution in [0.4, 0.5) is 0 Å². The van der Waals surface area contributed by atoms with E-state index in [1.807, 2.05) is 6.92 Å². The monoisotopic (exact) mass is 420 g/mol. The normalized spacial score (nSPS) is 15.5. The van der Waals surface area contributed by atoms with Gasteiger partial charge in [-0.05, 0) is 31.5 Å². The van der Waals surface area contributed by atoms with E-state index in [4.69, 9.17) is 25.8 Å². The molecule has 1 aromatic carbocycles. The van der Waals surface area contributed by atoms with Gasteiger partial charge in [0, 0.05) is 37.9 Å². The Hall–Kier alpha value is -1.39. The molecule has 1 aliphatic rings. The molecule has 1 aliphatic heterocycles. The maximum atomic E-state index is 12.9. The Labute approximate surface area is 164 Å². The average Bonchev–Trinajstić information content (AvgIpc) is 2.67. The van der Waals surface area contributed by atoms with Crippen LogP contribution in [0, 0.1) is 0 Å². The van der Waals surface area contributed by atoms with Gasteiger partial charge in [-0.1, -0.05) is 11.6 Å². The lowest BCUT2D eigenvalue weighted by Gasteiger charge is -2.26. The third-order valence-electron chi connectivity index (χ3n) is 3.84. The number of halogens is 1. The van der Waals surface area contributed by atoms with E-state index in [2.05, 4.69) is 5.32 Å². The average molecular weight is 421 g/mol. The van der Waals surface area contributed by atoms with Crippen molar-refractivity contribution in [2.24, 2.45) is 0 Å². The van der Waals surface area contributed by atoms with E-state index >= 15 is 0 Å². The molecule has 0 bridgehead atoms. The Bertz CT molecular complexity index is 722. The molecule has 0 atom stereocenters. The highest BCUT2D eigenvalue weighted by Crippen LogP contribution is 2.30. The molecule has 27 heavy (non-hydrogen) atoms. The number of rotatable bonds is 10. The number of benzene rings is 1. The van der Waals surface area contributed by atoms with Crippen LogP contribution in [0.2, 0.25) is 5.02 Å². The molecular formula is C17H25ClN2O6S. The molecule has 1 aromatic rings. The lowest BCUT2D eigenvalue weighted by Crippen LogP contribution is -2.40. The highest BCUT2D eigenvalue weighted by atomic mass is 35.5. The summed E-state index contributed by atoms with van der Waals surface area (Å²) in [7, 11) is -3.79. The molecule has 1 heterocycles. The van der Waals surface area contributed by atoms with Gasteiger partial charge in [-0.3, -0.25) is 4.79 Å². The van der Waals surface area contributed by atoms with E-state index < -0.39 is 10.0 Å². The minimum absolute atomic E-state index is 0.0546. The predicted molar refractivity (Wildman–Crippen MR) is 101 cm³/mol. The number of nitrogens with zero attached hydrogens (tertiary/aromatic N) is 1. The fourth-order valence-electron chi connectivity index (χ4n) is 2.47. The minimum atomic E-state index is -3.79. The number of amides is 1. The largest absolute Gasteiger partial charge is 0.482 e. The van der Waals surface area contributed by atoms with E-state index in [1.165, 1.54) is 22.5 Å². The second-order valence-corrected chi connectivity index (χ2v) is 8.14. The zero-order chi connectivity index (χ0) is 19.7. The predicted octanol–water partition coefficient (Wildman–Crippen LogP) is 1.28. The van der Waals surface area contributed by atoms with Gasteiger partial charge in [0.1, 0.15) is 10.6 Å². The number of sulfonamides is 1. The van der Waals surface area contributed by atoms with Crippen molar-refractivity contribution in [3.05, 3.63) is 23.2 Å². The van der Waals surface area contributed by atoms with E-state index in [-0.39, 0.29) is 41.3 Å². The summed E-state index contributed by atoms with van der Waals surface area (Å²) in [6, 6.07) is 4.31. The van der Waals surface area contributed by atoms with Gasteiger partial charge in [0.2, 0.25) is 10.0 Å². The Balaban J connectivity index is 2.00. The van der Waals surface area contributed by atoms with Crippen molar-refractivity contribution in [2.45, 2.75) is 18.2 Å². The van der Waals surface area contributed by atoms with E-state index in [0.29, 0.717) is 39.4 Å². The van der Waals surface area contributed by atoms with Crippen LogP contribution in [0.15, 0.2) is 23.1 Å². The fourth-order valence-corrected chi connectivity index (χ4v) is 4.27. The van der Waals surface area contributed by atoms with Crippen LogP contribution in [-0.4, -0.2) is 71.3 Å². The summed E-state index contributed by atoms with van der Waals surface area (Å²) in [6.45, 7) is 4.46. The molecule has 0 radical (unpaired) electrons. The SMILES string of the molecule is CCOCCCNC(=O)COc1ccc(Cl)cc1S(=O)(=O)N1CCOCC1. The standard InChI is InChI=1S/C17H25ClN2O6S/c1-2-24-9-3-6-19-17(21)13-26-15-5-4-14(18)12-16(15)27(22,23)20-7-10-25-11-8-20/h4-5,12H,2-3,6-11,13H2,1H3,(H,19,21). The van der Waals surface area contributed by atoms with Crippen molar-refractivity contribution < 1.29 is 27.4 Å². The maximum Gasteiger partial charge on any atom is 0.257 e. The summed E-state index contributed by atoms with van der Waals surface area (Å²) in [4.78, 5) is 11.8. The van der Waals surface area contributed by atoms with Crippen molar-refractivity contribution in [3.63, 3.8) is 0 Å². The van der Waals surface area contributed by atoms with Gasteiger partial charge in [0.25, 0.3) is 5.91 Å². The first-order valence-corrected chi connectivity index (χ1v) is 10.6. The quantitative estimate of drug-likeness (QED) is 0.573. The first-order valence-electron chi connectivity index (χ1n) is 8.80. The third-order valence-corrected chi connectivity index (χ3v) is 6.00.